The van der Waals surface area contributed by atoms with E-state index in [1.54, 1.807) is 0 Å². The van der Waals surface area contributed by atoms with Crippen molar-refractivity contribution in [3.05, 3.63) is 42.1 Å². The summed E-state index contributed by atoms with van der Waals surface area (Å²) in [6.07, 6.45) is 0.932. The number of carbonyl (C=O) groups excluding carboxylic acids is 1. The molecular weight excluding hydrogens is 396 g/mol. The van der Waals surface area contributed by atoms with Crippen molar-refractivity contribution in [2.45, 2.75) is 25.4 Å². The highest BCUT2D eigenvalue weighted by atomic mass is 32.2. The molecule has 1 amide bonds. The number of hydrogen-bond acceptors (Lipinski definition) is 6. The van der Waals surface area contributed by atoms with E-state index in [1.807, 2.05) is 22.7 Å². The Morgan fingerprint density at radius 3 is 2.67 bits per heavy atom. The molecular formula is C22H30N6OS. The van der Waals surface area contributed by atoms with Gasteiger partial charge in [0.1, 0.15) is 5.82 Å². The molecule has 2 aromatic rings. The number of carbonyl (C=O) groups is 1. The summed E-state index contributed by atoms with van der Waals surface area (Å²) in [4.78, 5) is 19.7. The molecule has 0 spiro atoms. The Bertz CT molecular complexity index is 873. The Balaban J connectivity index is 1.20. The number of benzene rings is 1. The van der Waals surface area contributed by atoms with E-state index in [1.165, 1.54) is 5.82 Å². The van der Waals surface area contributed by atoms with Crippen LogP contribution in [0.2, 0.25) is 0 Å². The lowest BCUT2D eigenvalue weighted by molar-refractivity contribution is -0.131. The van der Waals surface area contributed by atoms with Crippen molar-refractivity contribution < 1.29 is 4.79 Å². The normalized spacial score (nSPS) is 25.2. The van der Waals surface area contributed by atoms with Crippen LogP contribution in [-0.2, 0) is 4.79 Å². The van der Waals surface area contributed by atoms with Gasteiger partial charge in [-0.3, -0.25) is 9.69 Å². The zero-order valence-electron chi connectivity index (χ0n) is 17.5. The largest absolute Gasteiger partial charge is 0.354 e. The molecule has 0 aliphatic carbocycles. The summed E-state index contributed by atoms with van der Waals surface area (Å²) in [6, 6.07) is 13.0. The van der Waals surface area contributed by atoms with E-state index in [-0.39, 0.29) is 6.04 Å². The number of rotatable bonds is 4. The van der Waals surface area contributed by atoms with E-state index < -0.39 is 0 Å². The quantitative estimate of drug-likeness (QED) is 0.801. The van der Waals surface area contributed by atoms with Crippen LogP contribution >= 0.6 is 11.8 Å². The van der Waals surface area contributed by atoms with E-state index >= 15 is 0 Å². The molecule has 4 heterocycles. The van der Waals surface area contributed by atoms with Gasteiger partial charge in [-0.15, -0.1) is 11.8 Å². The van der Waals surface area contributed by atoms with Crippen molar-refractivity contribution in [2.75, 3.05) is 55.8 Å². The highest BCUT2D eigenvalue weighted by Crippen LogP contribution is 2.25. The van der Waals surface area contributed by atoms with Gasteiger partial charge in [-0.2, -0.15) is 5.10 Å². The molecule has 0 radical (unpaired) electrons. The third-order valence-electron chi connectivity index (χ3n) is 6.44. The van der Waals surface area contributed by atoms with E-state index in [0.717, 1.165) is 68.7 Å². The average Bonchev–Trinajstić information content (AvgIpc) is 3.55. The van der Waals surface area contributed by atoms with Crippen molar-refractivity contribution in [3.8, 4) is 5.69 Å². The summed E-state index contributed by atoms with van der Waals surface area (Å²) in [5.74, 6) is 3.39. The number of hydrogen-bond donors (Lipinski definition) is 1. The number of aromatic nitrogens is 2. The van der Waals surface area contributed by atoms with Gasteiger partial charge in [0.05, 0.1) is 23.3 Å². The molecule has 30 heavy (non-hydrogen) atoms. The standard InChI is InChI=1S/C22H30N6OS/c1-17-13-21(28(24-17)18-5-3-2-4-6-18)26-9-7-25(8-10-26)19-14-20(23-15-19)22(29)27-11-12-30-16-27/h2-6,13,19-20,23H,7-12,14-16H2,1H3/t19-,20+/m0/s1. The van der Waals surface area contributed by atoms with Crippen molar-refractivity contribution in [1.82, 2.24) is 24.9 Å². The average molecular weight is 427 g/mol. The van der Waals surface area contributed by atoms with Crippen LogP contribution in [0.1, 0.15) is 12.1 Å². The number of para-hydroxylation sites is 1. The fraction of sp³-hybridized carbons (Fsp3) is 0.545. The summed E-state index contributed by atoms with van der Waals surface area (Å²) >= 11 is 1.85. The maximum Gasteiger partial charge on any atom is 0.240 e. The number of piperazine rings is 1. The number of nitrogens with zero attached hydrogens (tertiary/aromatic N) is 5. The summed E-state index contributed by atoms with van der Waals surface area (Å²) in [7, 11) is 0. The summed E-state index contributed by atoms with van der Waals surface area (Å²) < 4.78 is 2.06. The third kappa shape index (κ3) is 3.96. The number of thioether (sulfide) groups is 1. The van der Waals surface area contributed by atoms with Gasteiger partial charge in [0.15, 0.2) is 0 Å². The molecule has 1 aromatic heterocycles. The van der Waals surface area contributed by atoms with Gasteiger partial charge in [0.25, 0.3) is 0 Å². The first-order valence-corrected chi connectivity index (χ1v) is 12.1. The summed E-state index contributed by atoms with van der Waals surface area (Å²) in [6.45, 7) is 7.88. The minimum atomic E-state index is -0.00566. The molecule has 5 rings (SSSR count). The molecule has 3 saturated heterocycles. The topological polar surface area (TPSA) is 56.6 Å². The summed E-state index contributed by atoms with van der Waals surface area (Å²) in [5.41, 5.74) is 2.14. The van der Waals surface area contributed by atoms with Crippen LogP contribution in [-0.4, -0.2) is 88.5 Å². The van der Waals surface area contributed by atoms with Crippen molar-refractivity contribution >= 4 is 23.5 Å². The van der Waals surface area contributed by atoms with Gasteiger partial charge in [-0.1, -0.05) is 18.2 Å². The number of nitrogens with one attached hydrogen (secondary N) is 1. The van der Waals surface area contributed by atoms with Crippen LogP contribution in [0.25, 0.3) is 5.69 Å². The second-order valence-electron chi connectivity index (χ2n) is 8.40. The van der Waals surface area contributed by atoms with Crippen molar-refractivity contribution in [1.29, 1.82) is 0 Å². The van der Waals surface area contributed by atoms with E-state index in [2.05, 4.69) is 57.1 Å². The molecule has 160 valence electrons. The second-order valence-corrected chi connectivity index (χ2v) is 9.48. The monoisotopic (exact) mass is 426 g/mol. The van der Waals surface area contributed by atoms with Crippen LogP contribution in [0.15, 0.2) is 36.4 Å². The number of anilines is 1. The molecule has 3 fully saturated rings. The highest BCUT2D eigenvalue weighted by Gasteiger charge is 2.36. The molecule has 7 nitrogen and oxygen atoms in total. The third-order valence-corrected chi connectivity index (χ3v) is 7.40. The summed E-state index contributed by atoms with van der Waals surface area (Å²) in [5, 5.41) is 8.21. The predicted molar refractivity (Wildman–Crippen MR) is 121 cm³/mol. The van der Waals surface area contributed by atoms with Gasteiger partial charge < -0.3 is 15.1 Å². The van der Waals surface area contributed by atoms with Gasteiger partial charge in [-0.05, 0) is 25.5 Å². The van der Waals surface area contributed by atoms with E-state index in [4.69, 9.17) is 5.10 Å². The molecule has 0 saturated carbocycles. The van der Waals surface area contributed by atoms with Gasteiger partial charge in [-0.25, -0.2) is 4.68 Å². The van der Waals surface area contributed by atoms with Crippen molar-refractivity contribution in [3.63, 3.8) is 0 Å². The Morgan fingerprint density at radius 2 is 1.93 bits per heavy atom. The maximum absolute atomic E-state index is 12.7. The predicted octanol–water partition coefficient (Wildman–Crippen LogP) is 1.57. The Kier molecular flexibility index (Phi) is 5.71. The highest BCUT2D eigenvalue weighted by molar-refractivity contribution is 7.99. The SMILES string of the molecule is Cc1cc(N2CCN([C@@H]3CN[C@@H](C(=O)N4CCSC4)C3)CC2)n(-c2ccccc2)n1. The molecule has 0 bridgehead atoms. The lowest BCUT2D eigenvalue weighted by Gasteiger charge is -2.38. The Hall–Kier alpha value is -2.03. The molecule has 1 aromatic carbocycles. The molecule has 3 aliphatic rings. The Labute approximate surface area is 182 Å². The smallest absolute Gasteiger partial charge is 0.240 e. The van der Waals surface area contributed by atoms with Crippen LogP contribution in [0.4, 0.5) is 5.82 Å². The zero-order valence-corrected chi connectivity index (χ0v) is 18.4. The van der Waals surface area contributed by atoms with E-state index in [0.29, 0.717) is 11.9 Å². The van der Waals surface area contributed by atoms with Crippen LogP contribution in [0.5, 0.6) is 0 Å². The first-order valence-electron chi connectivity index (χ1n) is 10.9. The number of aryl methyl sites for hydroxylation is 1. The molecule has 1 N–H and O–H groups in total. The van der Waals surface area contributed by atoms with Crippen molar-refractivity contribution in [2.24, 2.45) is 0 Å². The fourth-order valence-corrected chi connectivity index (χ4v) is 5.73. The lowest BCUT2D eigenvalue weighted by Crippen LogP contribution is -2.51. The first kappa shape index (κ1) is 19.9. The molecule has 8 heteroatoms. The number of amides is 1. The van der Waals surface area contributed by atoms with Gasteiger partial charge in [0, 0.05) is 57.1 Å². The van der Waals surface area contributed by atoms with Crippen LogP contribution in [0.3, 0.4) is 0 Å². The minimum Gasteiger partial charge on any atom is -0.354 e. The van der Waals surface area contributed by atoms with Crippen LogP contribution < -0.4 is 10.2 Å². The molecule has 0 unspecified atom stereocenters. The lowest BCUT2D eigenvalue weighted by atomic mass is 10.1. The minimum absolute atomic E-state index is 0.00566. The van der Waals surface area contributed by atoms with E-state index in [9.17, 15) is 4.79 Å². The van der Waals surface area contributed by atoms with Gasteiger partial charge in [0.2, 0.25) is 5.91 Å². The fourth-order valence-electron chi connectivity index (χ4n) is 4.78. The second kappa shape index (κ2) is 8.61. The molecule has 2 atom stereocenters. The van der Waals surface area contributed by atoms with Gasteiger partial charge >= 0.3 is 0 Å². The zero-order chi connectivity index (χ0) is 20.5. The molecule has 3 aliphatic heterocycles. The first-order chi connectivity index (χ1) is 14.7. The Morgan fingerprint density at radius 1 is 1.13 bits per heavy atom. The maximum atomic E-state index is 12.7. The van der Waals surface area contributed by atoms with Crippen LogP contribution in [0, 0.1) is 6.92 Å².